The summed E-state index contributed by atoms with van der Waals surface area (Å²) in [5, 5.41) is 10.8. The first-order valence-electron chi connectivity index (χ1n) is 5.76. The van der Waals surface area contributed by atoms with Gasteiger partial charge in [-0.1, -0.05) is 0 Å². The molecule has 3 rings (SSSR count). The standard InChI is InChI=1S/C12H13BrN4/c13-9-5-8(6-14-7-9)11-10-3-1-2-4-15-12(10)17-16-11/h5-7H,1-4H2,(H2,15,16,17). The molecule has 2 aromatic heterocycles. The van der Waals surface area contributed by atoms with Crippen molar-refractivity contribution in [3.8, 4) is 11.3 Å². The SMILES string of the molecule is Brc1cncc(-c2[nH]nc3c2CCCCN3)c1. The Morgan fingerprint density at radius 1 is 1.24 bits per heavy atom. The zero-order chi connectivity index (χ0) is 11.7. The molecule has 88 valence electrons. The van der Waals surface area contributed by atoms with E-state index in [-0.39, 0.29) is 0 Å². The maximum absolute atomic E-state index is 4.34. The van der Waals surface area contributed by atoms with Gasteiger partial charge in [-0.25, -0.2) is 0 Å². The third-order valence-corrected chi connectivity index (χ3v) is 3.44. The summed E-state index contributed by atoms with van der Waals surface area (Å²) in [6.45, 7) is 1.01. The number of hydrogen-bond acceptors (Lipinski definition) is 3. The number of anilines is 1. The summed E-state index contributed by atoms with van der Waals surface area (Å²) >= 11 is 3.45. The molecule has 0 aliphatic carbocycles. The first kappa shape index (κ1) is 10.8. The molecule has 0 saturated carbocycles. The summed E-state index contributed by atoms with van der Waals surface area (Å²) in [6, 6.07) is 2.06. The van der Waals surface area contributed by atoms with Crippen molar-refractivity contribution in [2.75, 3.05) is 11.9 Å². The highest BCUT2D eigenvalue weighted by atomic mass is 79.9. The third kappa shape index (κ3) is 2.07. The molecule has 0 amide bonds. The van der Waals surface area contributed by atoms with Gasteiger partial charge in [-0.15, -0.1) is 0 Å². The van der Waals surface area contributed by atoms with Crippen molar-refractivity contribution < 1.29 is 0 Å². The lowest BCUT2D eigenvalue weighted by Gasteiger charge is -2.02. The molecule has 0 bridgehead atoms. The molecular weight excluding hydrogens is 280 g/mol. The van der Waals surface area contributed by atoms with Gasteiger partial charge >= 0.3 is 0 Å². The monoisotopic (exact) mass is 292 g/mol. The topological polar surface area (TPSA) is 53.6 Å². The van der Waals surface area contributed by atoms with Crippen LogP contribution in [0, 0.1) is 0 Å². The van der Waals surface area contributed by atoms with Crippen LogP contribution in [0.25, 0.3) is 11.3 Å². The Kier molecular flexibility index (Phi) is 2.84. The summed E-state index contributed by atoms with van der Waals surface area (Å²) in [5.41, 5.74) is 3.45. The Hall–Kier alpha value is -1.36. The second kappa shape index (κ2) is 4.49. The molecule has 0 atom stereocenters. The first-order chi connectivity index (χ1) is 8.34. The number of nitrogens with one attached hydrogen (secondary N) is 2. The zero-order valence-corrected chi connectivity index (χ0v) is 10.9. The van der Waals surface area contributed by atoms with E-state index in [1.54, 1.807) is 6.20 Å². The minimum Gasteiger partial charge on any atom is -0.368 e. The van der Waals surface area contributed by atoms with Crippen LogP contribution in [0.1, 0.15) is 18.4 Å². The van der Waals surface area contributed by atoms with Crippen molar-refractivity contribution in [3.05, 3.63) is 28.5 Å². The average molecular weight is 293 g/mol. The van der Waals surface area contributed by atoms with Gasteiger partial charge in [-0.05, 0) is 41.3 Å². The molecule has 5 heteroatoms. The fourth-order valence-electron chi connectivity index (χ4n) is 2.18. The minimum atomic E-state index is 0.986. The lowest BCUT2D eigenvalue weighted by molar-refractivity contribution is 0.783. The number of nitrogens with zero attached hydrogens (tertiary/aromatic N) is 2. The summed E-state index contributed by atoms with van der Waals surface area (Å²) in [4.78, 5) is 4.20. The van der Waals surface area contributed by atoms with Crippen molar-refractivity contribution in [2.45, 2.75) is 19.3 Å². The van der Waals surface area contributed by atoms with E-state index in [1.165, 1.54) is 18.4 Å². The zero-order valence-electron chi connectivity index (χ0n) is 9.33. The second-order valence-electron chi connectivity index (χ2n) is 4.20. The van der Waals surface area contributed by atoms with Crippen molar-refractivity contribution in [1.82, 2.24) is 15.2 Å². The van der Waals surface area contributed by atoms with Gasteiger partial charge in [0, 0.05) is 34.5 Å². The molecule has 17 heavy (non-hydrogen) atoms. The van der Waals surface area contributed by atoms with Crippen molar-refractivity contribution in [3.63, 3.8) is 0 Å². The van der Waals surface area contributed by atoms with Crippen LogP contribution >= 0.6 is 15.9 Å². The van der Waals surface area contributed by atoms with Gasteiger partial charge in [0.05, 0.1) is 5.69 Å². The Morgan fingerprint density at radius 3 is 3.06 bits per heavy atom. The quantitative estimate of drug-likeness (QED) is 0.850. The van der Waals surface area contributed by atoms with Crippen LogP contribution in [-0.2, 0) is 6.42 Å². The molecule has 0 radical (unpaired) electrons. The van der Waals surface area contributed by atoms with Crippen LogP contribution in [0.5, 0.6) is 0 Å². The van der Waals surface area contributed by atoms with Crippen molar-refractivity contribution in [1.29, 1.82) is 0 Å². The lowest BCUT2D eigenvalue weighted by atomic mass is 10.1. The number of rotatable bonds is 1. The number of pyridine rings is 1. The summed E-state index contributed by atoms with van der Waals surface area (Å²) in [6.07, 6.45) is 7.13. The minimum absolute atomic E-state index is 0.986. The Bertz CT molecular complexity index is 535. The molecule has 0 unspecified atom stereocenters. The van der Waals surface area contributed by atoms with E-state index in [4.69, 9.17) is 0 Å². The van der Waals surface area contributed by atoms with Gasteiger partial charge in [0.25, 0.3) is 0 Å². The van der Waals surface area contributed by atoms with Crippen LogP contribution in [0.4, 0.5) is 5.82 Å². The normalized spacial score (nSPS) is 14.9. The maximum Gasteiger partial charge on any atom is 0.151 e. The van der Waals surface area contributed by atoms with Gasteiger partial charge in [0.2, 0.25) is 0 Å². The number of H-pyrrole nitrogens is 1. The molecule has 2 aromatic rings. The van der Waals surface area contributed by atoms with Crippen LogP contribution < -0.4 is 5.32 Å². The highest BCUT2D eigenvalue weighted by Crippen LogP contribution is 2.30. The van der Waals surface area contributed by atoms with Gasteiger partial charge in [0.1, 0.15) is 0 Å². The van der Waals surface area contributed by atoms with Gasteiger partial charge < -0.3 is 5.32 Å². The number of hydrogen-bond donors (Lipinski definition) is 2. The predicted octanol–water partition coefficient (Wildman–Crippen LogP) is 2.98. The first-order valence-corrected chi connectivity index (χ1v) is 6.56. The van der Waals surface area contributed by atoms with Crippen LogP contribution in [-0.4, -0.2) is 21.7 Å². The molecule has 1 aliphatic rings. The van der Waals surface area contributed by atoms with E-state index in [0.717, 1.165) is 34.5 Å². The van der Waals surface area contributed by atoms with Crippen LogP contribution in [0.2, 0.25) is 0 Å². The molecule has 4 nitrogen and oxygen atoms in total. The van der Waals surface area contributed by atoms with Gasteiger partial charge in [-0.3, -0.25) is 10.1 Å². The number of halogens is 1. The Morgan fingerprint density at radius 2 is 2.18 bits per heavy atom. The van der Waals surface area contributed by atoms with E-state index < -0.39 is 0 Å². The fraction of sp³-hybridized carbons (Fsp3) is 0.333. The van der Waals surface area contributed by atoms with Gasteiger partial charge in [-0.2, -0.15) is 5.10 Å². The molecular formula is C12H13BrN4. The largest absolute Gasteiger partial charge is 0.368 e. The molecule has 0 spiro atoms. The number of aromatic nitrogens is 3. The Balaban J connectivity index is 2.06. The average Bonchev–Trinajstić information content (AvgIpc) is 2.59. The van der Waals surface area contributed by atoms with E-state index in [0.29, 0.717) is 0 Å². The predicted molar refractivity (Wildman–Crippen MR) is 70.9 cm³/mol. The van der Waals surface area contributed by atoms with E-state index in [2.05, 4.69) is 42.5 Å². The van der Waals surface area contributed by atoms with Crippen molar-refractivity contribution >= 4 is 21.7 Å². The Labute approximate surface area is 108 Å². The molecule has 0 aromatic carbocycles. The molecule has 1 aliphatic heterocycles. The lowest BCUT2D eigenvalue weighted by Crippen LogP contribution is -1.99. The fourth-order valence-corrected chi connectivity index (χ4v) is 2.54. The van der Waals surface area contributed by atoms with Gasteiger partial charge in [0.15, 0.2) is 5.82 Å². The van der Waals surface area contributed by atoms with E-state index in [1.807, 2.05) is 6.20 Å². The highest BCUT2D eigenvalue weighted by Gasteiger charge is 2.16. The highest BCUT2D eigenvalue weighted by molar-refractivity contribution is 9.10. The van der Waals surface area contributed by atoms with Crippen LogP contribution in [0.3, 0.4) is 0 Å². The number of fused-ring (bicyclic) bond motifs is 1. The second-order valence-corrected chi connectivity index (χ2v) is 5.12. The summed E-state index contributed by atoms with van der Waals surface area (Å²) in [5.74, 6) is 0.998. The molecule has 0 fully saturated rings. The number of aromatic amines is 1. The maximum atomic E-state index is 4.34. The van der Waals surface area contributed by atoms with Crippen LogP contribution in [0.15, 0.2) is 22.9 Å². The van der Waals surface area contributed by atoms with Crippen molar-refractivity contribution in [2.24, 2.45) is 0 Å². The van der Waals surface area contributed by atoms with E-state index in [9.17, 15) is 0 Å². The molecule has 2 N–H and O–H groups in total. The molecule has 3 heterocycles. The smallest absolute Gasteiger partial charge is 0.151 e. The molecule has 0 saturated heterocycles. The summed E-state index contributed by atoms with van der Waals surface area (Å²) < 4.78 is 0.986. The third-order valence-electron chi connectivity index (χ3n) is 3.01. The van der Waals surface area contributed by atoms with E-state index >= 15 is 0 Å². The summed E-state index contributed by atoms with van der Waals surface area (Å²) in [7, 11) is 0.